The van der Waals surface area contributed by atoms with E-state index < -0.39 is 11.6 Å². The quantitative estimate of drug-likeness (QED) is 0.808. The summed E-state index contributed by atoms with van der Waals surface area (Å²) in [6.07, 6.45) is 0.572. The smallest absolute Gasteiger partial charge is 0.252 e. The van der Waals surface area contributed by atoms with Gasteiger partial charge in [-0.2, -0.15) is 0 Å². The summed E-state index contributed by atoms with van der Waals surface area (Å²) in [5.41, 5.74) is 0.0188. The average Bonchev–Trinajstić information content (AvgIpc) is 2.44. The van der Waals surface area contributed by atoms with Gasteiger partial charge in [0.2, 0.25) is 0 Å². The molecule has 1 rings (SSSR count). The highest BCUT2D eigenvalue weighted by atomic mass is 16.5. The van der Waals surface area contributed by atoms with Crippen LogP contribution in [0.2, 0.25) is 0 Å². The first-order chi connectivity index (χ1) is 8.57. The lowest BCUT2D eigenvalue weighted by Crippen LogP contribution is -2.47. The summed E-state index contributed by atoms with van der Waals surface area (Å²) in [5.74, 6) is -0.213. The van der Waals surface area contributed by atoms with E-state index in [4.69, 9.17) is 4.74 Å². The normalized spacial score (nSPS) is 15.8. The number of nitrogens with one attached hydrogen (secondary N) is 1. The summed E-state index contributed by atoms with van der Waals surface area (Å²) in [6.45, 7) is 3.49. The monoisotopic (exact) mass is 251 g/mol. The Hall–Kier alpha value is -1.39. The van der Waals surface area contributed by atoms with Gasteiger partial charge in [0.1, 0.15) is 5.60 Å². The van der Waals surface area contributed by atoms with Crippen molar-refractivity contribution >= 4 is 5.91 Å². The number of carbonyl (C=O) groups excluding carboxylic acids is 1. The highest BCUT2D eigenvalue weighted by Gasteiger charge is 2.32. The zero-order valence-corrected chi connectivity index (χ0v) is 11.1. The molecule has 0 aliphatic rings. The third kappa shape index (κ3) is 3.31. The van der Waals surface area contributed by atoms with E-state index in [0.717, 1.165) is 5.56 Å². The van der Waals surface area contributed by atoms with Gasteiger partial charge in [-0.3, -0.25) is 4.79 Å². The van der Waals surface area contributed by atoms with Crippen LogP contribution in [0.5, 0.6) is 0 Å². The minimum absolute atomic E-state index is 0.140. The Balaban J connectivity index is 2.79. The van der Waals surface area contributed by atoms with Gasteiger partial charge in [-0.05, 0) is 18.9 Å². The number of benzene rings is 1. The van der Waals surface area contributed by atoms with E-state index in [9.17, 15) is 9.90 Å². The van der Waals surface area contributed by atoms with Crippen molar-refractivity contribution in [1.82, 2.24) is 5.32 Å². The number of carbonyl (C=O) groups is 1. The highest BCUT2D eigenvalue weighted by molar-refractivity contribution is 5.85. The Morgan fingerprint density at radius 1 is 1.44 bits per heavy atom. The summed E-state index contributed by atoms with van der Waals surface area (Å²) in [5, 5.41) is 12.2. The lowest BCUT2D eigenvalue weighted by Gasteiger charge is -2.28. The van der Waals surface area contributed by atoms with Crippen LogP contribution in [0.15, 0.2) is 30.3 Å². The lowest BCUT2D eigenvalue weighted by molar-refractivity contribution is -0.143. The van der Waals surface area contributed by atoms with Crippen molar-refractivity contribution in [3.63, 3.8) is 0 Å². The van der Waals surface area contributed by atoms with Gasteiger partial charge < -0.3 is 15.2 Å². The fourth-order valence-electron chi connectivity index (χ4n) is 1.63. The molecule has 4 heteroatoms. The van der Waals surface area contributed by atoms with E-state index in [1.54, 1.807) is 6.92 Å². The molecule has 1 aromatic rings. The Kier molecular flexibility index (Phi) is 5.31. The molecule has 100 valence electrons. The second-order valence-corrected chi connectivity index (χ2v) is 4.41. The molecule has 1 aromatic carbocycles. The number of hydrogen-bond acceptors (Lipinski definition) is 3. The summed E-state index contributed by atoms with van der Waals surface area (Å²) in [7, 11) is 1.51. The van der Waals surface area contributed by atoms with Crippen molar-refractivity contribution in [2.75, 3.05) is 13.7 Å². The van der Waals surface area contributed by atoms with Gasteiger partial charge in [0.05, 0.1) is 12.6 Å². The first kappa shape index (κ1) is 14.7. The number of aliphatic hydroxyl groups excluding tert-OH is 1. The predicted molar refractivity (Wildman–Crippen MR) is 70.1 cm³/mol. The molecule has 2 N–H and O–H groups in total. The molecule has 0 saturated carbocycles. The Labute approximate surface area is 108 Å². The summed E-state index contributed by atoms with van der Waals surface area (Å²) in [4.78, 5) is 12.1. The Morgan fingerprint density at radius 3 is 2.50 bits per heavy atom. The molecular formula is C14H21NO3. The van der Waals surface area contributed by atoms with Gasteiger partial charge in [0, 0.05) is 7.11 Å². The molecule has 0 fully saturated rings. The number of hydrogen-bond donors (Lipinski definition) is 2. The van der Waals surface area contributed by atoms with Crippen molar-refractivity contribution in [2.24, 2.45) is 0 Å². The zero-order chi connectivity index (χ0) is 13.6. The van der Waals surface area contributed by atoms with Crippen molar-refractivity contribution < 1.29 is 14.6 Å². The Morgan fingerprint density at radius 2 is 2.06 bits per heavy atom. The van der Waals surface area contributed by atoms with Crippen LogP contribution >= 0.6 is 0 Å². The topological polar surface area (TPSA) is 58.6 Å². The van der Waals surface area contributed by atoms with Crippen LogP contribution in [0.3, 0.4) is 0 Å². The molecule has 0 aromatic heterocycles. The van der Waals surface area contributed by atoms with Crippen molar-refractivity contribution in [3.05, 3.63) is 35.9 Å². The van der Waals surface area contributed by atoms with E-state index in [1.165, 1.54) is 7.11 Å². The fourth-order valence-corrected chi connectivity index (χ4v) is 1.63. The maximum absolute atomic E-state index is 12.1. The molecule has 0 heterocycles. The third-order valence-corrected chi connectivity index (χ3v) is 3.30. The van der Waals surface area contributed by atoms with Crippen molar-refractivity contribution in [1.29, 1.82) is 0 Å². The fraction of sp³-hybridized carbons (Fsp3) is 0.500. The number of rotatable bonds is 6. The molecular weight excluding hydrogens is 230 g/mol. The molecule has 1 unspecified atom stereocenters. The van der Waals surface area contributed by atoms with Gasteiger partial charge in [-0.15, -0.1) is 0 Å². The standard InChI is InChI=1S/C14H21NO3/c1-4-14(2,18-3)13(17)15-12(10-16)11-8-6-5-7-9-11/h5-9,12,16H,4,10H2,1-3H3,(H,15,17)/t12-,14?/m0/s1. The van der Waals surface area contributed by atoms with Crippen LogP contribution in [0.4, 0.5) is 0 Å². The van der Waals surface area contributed by atoms with Crippen LogP contribution in [-0.4, -0.2) is 30.3 Å². The van der Waals surface area contributed by atoms with E-state index in [2.05, 4.69) is 5.32 Å². The number of ether oxygens (including phenoxy) is 1. The SMILES string of the molecule is CCC(C)(OC)C(=O)N[C@@H](CO)c1ccccc1. The highest BCUT2D eigenvalue weighted by Crippen LogP contribution is 2.18. The van der Waals surface area contributed by atoms with Gasteiger partial charge in [0.25, 0.3) is 5.91 Å². The maximum atomic E-state index is 12.1. The Bertz CT molecular complexity index is 374. The van der Waals surface area contributed by atoms with Crippen LogP contribution in [0.1, 0.15) is 31.9 Å². The van der Waals surface area contributed by atoms with Gasteiger partial charge >= 0.3 is 0 Å². The minimum Gasteiger partial charge on any atom is -0.394 e. The number of methoxy groups -OCH3 is 1. The largest absolute Gasteiger partial charge is 0.394 e. The number of aliphatic hydroxyl groups is 1. The molecule has 0 bridgehead atoms. The summed E-state index contributed by atoms with van der Waals surface area (Å²) >= 11 is 0. The molecule has 4 nitrogen and oxygen atoms in total. The molecule has 0 radical (unpaired) electrons. The second kappa shape index (κ2) is 6.52. The predicted octanol–water partition coefficient (Wildman–Crippen LogP) is 1.65. The van der Waals surface area contributed by atoms with Crippen LogP contribution < -0.4 is 5.32 Å². The van der Waals surface area contributed by atoms with Crippen molar-refractivity contribution in [3.8, 4) is 0 Å². The second-order valence-electron chi connectivity index (χ2n) is 4.41. The first-order valence-corrected chi connectivity index (χ1v) is 6.09. The molecule has 0 aliphatic heterocycles. The van der Waals surface area contributed by atoms with Crippen LogP contribution in [0, 0.1) is 0 Å². The van der Waals surface area contributed by atoms with Gasteiger partial charge in [-0.25, -0.2) is 0 Å². The van der Waals surface area contributed by atoms with E-state index >= 15 is 0 Å². The van der Waals surface area contributed by atoms with E-state index in [-0.39, 0.29) is 12.5 Å². The van der Waals surface area contributed by atoms with Crippen molar-refractivity contribution in [2.45, 2.75) is 31.9 Å². The molecule has 0 spiro atoms. The van der Waals surface area contributed by atoms with Gasteiger partial charge in [-0.1, -0.05) is 37.3 Å². The van der Waals surface area contributed by atoms with E-state index in [0.29, 0.717) is 6.42 Å². The van der Waals surface area contributed by atoms with E-state index in [1.807, 2.05) is 37.3 Å². The minimum atomic E-state index is -0.859. The number of amides is 1. The summed E-state index contributed by atoms with van der Waals surface area (Å²) < 4.78 is 5.24. The molecule has 18 heavy (non-hydrogen) atoms. The molecule has 0 aliphatic carbocycles. The summed E-state index contributed by atoms with van der Waals surface area (Å²) in [6, 6.07) is 8.98. The van der Waals surface area contributed by atoms with Crippen LogP contribution in [0.25, 0.3) is 0 Å². The third-order valence-electron chi connectivity index (χ3n) is 3.30. The van der Waals surface area contributed by atoms with Crippen LogP contribution in [-0.2, 0) is 9.53 Å². The first-order valence-electron chi connectivity index (χ1n) is 6.09. The van der Waals surface area contributed by atoms with Gasteiger partial charge in [0.15, 0.2) is 0 Å². The molecule has 0 saturated heterocycles. The zero-order valence-electron chi connectivity index (χ0n) is 11.1. The molecule has 1 amide bonds. The maximum Gasteiger partial charge on any atom is 0.252 e. The lowest BCUT2D eigenvalue weighted by atomic mass is 10.0. The molecule has 2 atom stereocenters. The average molecular weight is 251 g/mol.